The van der Waals surface area contributed by atoms with Crippen LogP contribution in [0.25, 0.3) is 0 Å². The maximum absolute atomic E-state index is 13.3. The molecule has 1 unspecified atom stereocenters. The molecule has 0 radical (unpaired) electrons. The van der Waals surface area contributed by atoms with E-state index in [4.69, 9.17) is 0 Å². The summed E-state index contributed by atoms with van der Waals surface area (Å²) in [4.78, 5) is 17.4. The molecule has 3 atom stereocenters. The molecule has 1 saturated heterocycles. The van der Waals surface area contributed by atoms with Crippen molar-refractivity contribution in [2.24, 2.45) is 5.92 Å². The minimum atomic E-state index is -0.835. The van der Waals surface area contributed by atoms with Gasteiger partial charge in [-0.15, -0.1) is 0 Å². The fraction of sp³-hybridized carbons (Fsp3) is 0.458. The highest BCUT2D eigenvalue weighted by molar-refractivity contribution is 5.95. The van der Waals surface area contributed by atoms with Gasteiger partial charge in [-0.05, 0) is 49.1 Å². The summed E-state index contributed by atoms with van der Waals surface area (Å²) in [5, 5.41) is 11.7. The van der Waals surface area contributed by atoms with Gasteiger partial charge in [-0.3, -0.25) is 4.79 Å². The van der Waals surface area contributed by atoms with Crippen molar-refractivity contribution in [1.82, 2.24) is 4.90 Å². The van der Waals surface area contributed by atoms with E-state index in [1.54, 1.807) is 0 Å². The van der Waals surface area contributed by atoms with E-state index in [1.165, 1.54) is 0 Å². The second-order valence-corrected chi connectivity index (χ2v) is 8.44. The minimum absolute atomic E-state index is 0.0947. The van der Waals surface area contributed by atoms with Crippen molar-refractivity contribution < 1.29 is 9.90 Å². The zero-order valence-electron chi connectivity index (χ0n) is 16.8. The lowest BCUT2D eigenvalue weighted by molar-refractivity contribution is -0.110. The summed E-state index contributed by atoms with van der Waals surface area (Å²) in [6.07, 6.45) is 4.78. The summed E-state index contributed by atoms with van der Waals surface area (Å²) in [5.41, 5.74) is 1.98. The first-order valence-corrected chi connectivity index (χ1v) is 10.4. The van der Waals surface area contributed by atoms with Crippen LogP contribution in [0.3, 0.4) is 0 Å². The number of carbonyl (C=O) groups is 1. The number of fused-ring (bicyclic) bond motifs is 1. The number of aliphatic hydroxyl groups is 1. The highest BCUT2D eigenvalue weighted by Crippen LogP contribution is 2.47. The van der Waals surface area contributed by atoms with Gasteiger partial charge in [-0.1, -0.05) is 43.2 Å². The molecule has 4 rings (SSSR count). The third kappa shape index (κ3) is 3.30. The topological polar surface area (TPSA) is 43.8 Å². The van der Waals surface area contributed by atoms with E-state index in [9.17, 15) is 9.90 Å². The van der Waals surface area contributed by atoms with Crippen LogP contribution in [0, 0.1) is 5.92 Å². The molecule has 1 aliphatic carbocycles. The van der Waals surface area contributed by atoms with Gasteiger partial charge >= 0.3 is 0 Å². The average molecular weight is 379 g/mol. The molecule has 2 fully saturated rings. The summed E-state index contributed by atoms with van der Waals surface area (Å²) in [7, 11) is 4.00. The van der Waals surface area contributed by atoms with Crippen molar-refractivity contribution in [2.45, 2.75) is 43.7 Å². The Labute approximate surface area is 167 Å². The van der Waals surface area contributed by atoms with Crippen LogP contribution in [-0.2, 0) is 5.60 Å². The molecule has 148 valence electrons. The molecule has 0 bridgehead atoms. The van der Waals surface area contributed by atoms with Crippen LogP contribution in [-0.4, -0.2) is 42.6 Å². The zero-order chi connectivity index (χ0) is 19.7. The van der Waals surface area contributed by atoms with Gasteiger partial charge in [0.2, 0.25) is 0 Å². The van der Waals surface area contributed by atoms with E-state index >= 15 is 0 Å². The maximum Gasteiger partial charge on any atom is 0.254 e. The molecule has 1 heterocycles. The lowest BCUT2D eigenvalue weighted by Crippen LogP contribution is -2.58. The Kier molecular flexibility index (Phi) is 5.15. The van der Waals surface area contributed by atoms with Gasteiger partial charge in [0.15, 0.2) is 0 Å². The molecule has 1 amide bonds. The second kappa shape index (κ2) is 7.59. The Morgan fingerprint density at radius 1 is 1.04 bits per heavy atom. The number of benzene rings is 2. The van der Waals surface area contributed by atoms with E-state index in [1.807, 2.05) is 78.5 Å². The number of amides is 1. The monoisotopic (exact) mass is 378 g/mol. The standard InChI is InChI=1S/C24H30N2O2/c1-25(2)20-14-12-18(13-15-20)23(27)26-17-16-24(28,19-8-4-3-5-9-19)21-10-6-7-11-22(21)26/h3-5,8-9,12-15,21-22,28H,6-7,10-11,16-17H2,1-2H3/t21-,22-,24?/m1/s1. The van der Waals surface area contributed by atoms with Crippen molar-refractivity contribution >= 4 is 11.6 Å². The van der Waals surface area contributed by atoms with Crippen LogP contribution in [0.5, 0.6) is 0 Å². The van der Waals surface area contributed by atoms with E-state index in [0.29, 0.717) is 13.0 Å². The smallest absolute Gasteiger partial charge is 0.254 e. The van der Waals surface area contributed by atoms with Crippen LogP contribution in [0.2, 0.25) is 0 Å². The third-order valence-corrected chi connectivity index (χ3v) is 6.64. The van der Waals surface area contributed by atoms with Gasteiger partial charge < -0.3 is 14.9 Å². The Hall–Kier alpha value is -2.33. The van der Waals surface area contributed by atoms with Crippen molar-refractivity contribution in [3.05, 3.63) is 65.7 Å². The molecule has 2 aromatic rings. The van der Waals surface area contributed by atoms with Gasteiger partial charge in [0.05, 0.1) is 5.60 Å². The molecular weight excluding hydrogens is 348 g/mol. The lowest BCUT2D eigenvalue weighted by atomic mass is 9.66. The second-order valence-electron chi connectivity index (χ2n) is 8.44. The summed E-state index contributed by atoms with van der Waals surface area (Å²) in [5.74, 6) is 0.194. The van der Waals surface area contributed by atoms with Crippen molar-refractivity contribution in [2.75, 3.05) is 25.5 Å². The average Bonchev–Trinajstić information content (AvgIpc) is 2.74. The summed E-state index contributed by atoms with van der Waals surface area (Å²) >= 11 is 0. The fourth-order valence-electron chi connectivity index (χ4n) is 5.09. The Balaban J connectivity index is 1.61. The predicted octanol–water partition coefficient (Wildman–Crippen LogP) is 4.05. The Morgan fingerprint density at radius 2 is 1.71 bits per heavy atom. The molecule has 1 saturated carbocycles. The highest BCUT2D eigenvalue weighted by Gasteiger charge is 2.50. The van der Waals surface area contributed by atoms with Crippen LogP contribution in [0.4, 0.5) is 5.69 Å². The van der Waals surface area contributed by atoms with Gasteiger partial charge in [-0.2, -0.15) is 0 Å². The maximum atomic E-state index is 13.3. The summed E-state index contributed by atoms with van der Waals surface area (Å²) < 4.78 is 0. The third-order valence-electron chi connectivity index (χ3n) is 6.64. The van der Waals surface area contributed by atoms with Crippen molar-refractivity contribution in [1.29, 1.82) is 0 Å². The molecule has 2 aromatic carbocycles. The Bertz CT molecular complexity index is 818. The predicted molar refractivity (Wildman–Crippen MR) is 113 cm³/mol. The van der Waals surface area contributed by atoms with Crippen LogP contribution < -0.4 is 4.90 Å². The minimum Gasteiger partial charge on any atom is -0.385 e. The van der Waals surface area contributed by atoms with Crippen LogP contribution in [0.1, 0.15) is 48.0 Å². The quantitative estimate of drug-likeness (QED) is 0.876. The molecule has 2 aliphatic rings. The largest absolute Gasteiger partial charge is 0.385 e. The van der Waals surface area contributed by atoms with E-state index in [0.717, 1.165) is 42.5 Å². The number of carbonyl (C=O) groups excluding carboxylic acids is 1. The van der Waals surface area contributed by atoms with Gasteiger partial charge in [-0.25, -0.2) is 0 Å². The van der Waals surface area contributed by atoms with Gasteiger partial charge in [0.25, 0.3) is 5.91 Å². The highest BCUT2D eigenvalue weighted by atomic mass is 16.3. The SMILES string of the molecule is CN(C)c1ccc(C(=O)N2CCC(O)(c3ccccc3)[C@@H]3CCCC[C@H]32)cc1. The number of rotatable bonds is 3. The first-order chi connectivity index (χ1) is 13.5. The first-order valence-electron chi connectivity index (χ1n) is 10.4. The van der Waals surface area contributed by atoms with E-state index < -0.39 is 5.60 Å². The lowest BCUT2D eigenvalue weighted by Gasteiger charge is -2.52. The first kappa shape index (κ1) is 19.0. The van der Waals surface area contributed by atoms with Gasteiger partial charge in [0.1, 0.15) is 0 Å². The van der Waals surface area contributed by atoms with Crippen molar-refractivity contribution in [3.63, 3.8) is 0 Å². The zero-order valence-corrected chi connectivity index (χ0v) is 16.8. The molecule has 28 heavy (non-hydrogen) atoms. The molecular formula is C24H30N2O2. The molecule has 1 aliphatic heterocycles. The number of hydrogen-bond donors (Lipinski definition) is 1. The van der Waals surface area contributed by atoms with Crippen LogP contribution in [0.15, 0.2) is 54.6 Å². The summed E-state index contributed by atoms with van der Waals surface area (Å²) in [6, 6.07) is 18.0. The van der Waals surface area contributed by atoms with E-state index in [-0.39, 0.29) is 17.9 Å². The summed E-state index contributed by atoms with van der Waals surface area (Å²) in [6.45, 7) is 0.598. The number of hydrogen-bond acceptors (Lipinski definition) is 3. The van der Waals surface area contributed by atoms with Crippen LogP contribution >= 0.6 is 0 Å². The van der Waals surface area contributed by atoms with Gasteiger partial charge in [0, 0.05) is 43.9 Å². The molecule has 4 nitrogen and oxygen atoms in total. The van der Waals surface area contributed by atoms with Crippen molar-refractivity contribution in [3.8, 4) is 0 Å². The molecule has 0 spiro atoms. The molecule has 0 aromatic heterocycles. The number of likely N-dealkylation sites (tertiary alicyclic amines) is 1. The number of anilines is 1. The molecule has 4 heteroatoms. The fourth-order valence-corrected chi connectivity index (χ4v) is 5.09. The number of nitrogens with zero attached hydrogens (tertiary/aromatic N) is 2. The molecule has 1 N–H and O–H groups in total. The Morgan fingerprint density at radius 3 is 2.39 bits per heavy atom. The number of piperidine rings is 1. The van der Waals surface area contributed by atoms with E-state index in [2.05, 4.69) is 0 Å². The normalized spacial score (nSPS) is 27.2.